The first-order valence-electron chi connectivity index (χ1n) is 14.3. The van der Waals surface area contributed by atoms with Crippen LogP contribution >= 0.6 is 12.4 Å². The van der Waals surface area contributed by atoms with E-state index in [1.807, 2.05) is 37.2 Å². The Morgan fingerprint density at radius 3 is 2.48 bits per heavy atom. The van der Waals surface area contributed by atoms with Crippen molar-refractivity contribution in [2.45, 2.75) is 42.2 Å². The lowest BCUT2D eigenvalue weighted by Gasteiger charge is -2.37. The van der Waals surface area contributed by atoms with E-state index in [1.54, 1.807) is 24.3 Å². The molecule has 0 atom stereocenters. The number of benzene rings is 1. The quantitative estimate of drug-likeness (QED) is 0.226. The molecule has 15 heteroatoms. The largest absolute Gasteiger partial charge is 0.476 e. The summed E-state index contributed by atoms with van der Waals surface area (Å²) in [7, 11) is 1.05. The molecule has 244 valence electrons. The lowest BCUT2D eigenvalue weighted by atomic mass is 9.64. The molecule has 1 spiro atoms. The number of pyridine rings is 3. The van der Waals surface area contributed by atoms with Crippen molar-refractivity contribution in [1.82, 2.24) is 19.9 Å². The van der Waals surface area contributed by atoms with Gasteiger partial charge in [-0.2, -0.15) is 13.2 Å². The number of hydrogen-bond acceptors (Lipinski definition) is 8. The number of halogens is 4. The summed E-state index contributed by atoms with van der Waals surface area (Å²) in [5, 5.41) is 0.823. The fourth-order valence-electron chi connectivity index (χ4n) is 5.92. The van der Waals surface area contributed by atoms with Crippen molar-refractivity contribution in [1.29, 1.82) is 0 Å². The summed E-state index contributed by atoms with van der Waals surface area (Å²) in [6.45, 7) is 0.936. The Morgan fingerprint density at radius 1 is 1.04 bits per heavy atom. The molecule has 1 saturated carbocycles. The number of carbonyl (C=O) groups is 1. The second kappa shape index (κ2) is 12.3. The monoisotopic (exact) mass is 676 g/mol. The third kappa shape index (κ3) is 5.96. The van der Waals surface area contributed by atoms with Gasteiger partial charge in [0.1, 0.15) is 10.6 Å². The summed E-state index contributed by atoms with van der Waals surface area (Å²) in [5.41, 5.74) is 1.83. The van der Waals surface area contributed by atoms with Crippen molar-refractivity contribution in [2.24, 2.45) is 0 Å². The van der Waals surface area contributed by atoms with E-state index in [-0.39, 0.29) is 36.5 Å². The van der Waals surface area contributed by atoms with Gasteiger partial charge in [-0.3, -0.25) is 19.5 Å². The number of rotatable bonds is 9. The Kier molecular flexibility index (Phi) is 8.92. The number of amides is 1. The molecule has 1 N–H and O–H groups in total. The molecule has 1 aliphatic heterocycles. The van der Waals surface area contributed by atoms with Crippen LogP contribution in [0, 0.1) is 0 Å². The highest BCUT2D eigenvalue weighted by molar-refractivity contribution is 7.92. The van der Waals surface area contributed by atoms with Crippen LogP contribution in [0.4, 0.5) is 24.5 Å². The lowest BCUT2D eigenvalue weighted by molar-refractivity contribution is -0.138. The lowest BCUT2D eigenvalue weighted by Crippen LogP contribution is -2.43. The Bertz CT molecular complexity index is 1920. The molecule has 1 aliphatic carbocycles. The van der Waals surface area contributed by atoms with Crippen molar-refractivity contribution in [3.05, 3.63) is 66.2 Å². The molecular weight excluding hydrogens is 645 g/mol. The van der Waals surface area contributed by atoms with E-state index in [9.17, 15) is 26.4 Å². The predicted molar refractivity (Wildman–Crippen MR) is 170 cm³/mol. The molecule has 2 aliphatic rings. The van der Waals surface area contributed by atoms with Gasteiger partial charge in [0.2, 0.25) is 11.8 Å². The summed E-state index contributed by atoms with van der Waals surface area (Å²) in [4.78, 5) is 28.7. The van der Waals surface area contributed by atoms with Crippen molar-refractivity contribution < 1.29 is 31.1 Å². The van der Waals surface area contributed by atoms with Crippen LogP contribution < -0.4 is 14.4 Å². The fourth-order valence-corrected chi connectivity index (χ4v) is 6.96. The second-order valence-electron chi connectivity index (χ2n) is 11.6. The highest BCUT2D eigenvalue weighted by atomic mass is 35.5. The van der Waals surface area contributed by atoms with E-state index in [0.717, 1.165) is 47.6 Å². The van der Waals surface area contributed by atoms with Gasteiger partial charge in [0, 0.05) is 48.7 Å². The Hall–Kier alpha value is -4.01. The van der Waals surface area contributed by atoms with Crippen LogP contribution in [-0.4, -0.2) is 68.5 Å². The summed E-state index contributed by atoms with van der Waals surface area (Å²) in [5.74, 6) is 0.0340. The third-order valence-electron chi connectivity index (χ3n) is 8.38. The van der Waals surface area contributed by atoms with Gasteiger partial charge in [-0.15, -0.1) is 12.4 Å². The number of sulfonamides is 1. The highest BCUT2D eigenvalue weighted by Crippen LogP contribution is 2.55. The SMILES string of the molecule is CN(C)CCCOc1ncc(-c2ccc3ncc4c(c3c2)C2(CCC2)C(=O)N4C)cc1NS(=O)(=O)c1cncc(C(F)(F)F)c1.Cl. The predicted octanol–water partition coefficient (Wildman–Crippen LogP) is 5.66. The number of aromatic nitrogens is 3. The summed E-state index contributed by atoms with van der Waals surface area (Å²) < 4.78 is 74.8. The molecule has 3 aromatic heterocycles. The minimum absolute atomic E-state index is 0. The Morgan fingerprint density at radius 2 is 1.80 bits per heavy atom. The van der Waals surface area contributed by atoms with Gasteiger partial charge < -0.3 is 14.5 Å². The number of nitrogens with one attached hydrogen (secondary N) is 1. The number of ether oxygens (including phenoxy) is 1. The molecule has 1 fully saturated rings. The fraction of sp³-hybridized carbons (Fsp3) is 0.355. The zero-order chi connectivity index (χ0) is 32.1. The average Bonchev–Trinajstić information content (AvgIpc) is 3.22. The van der Waals surface area contributed by atoms with Gasteiger partial charge in [0.05, 0.1) is 35.0 Å². The van der Waals surface area contributed by atoms with E-state index in [2.05, 4.69) is 19.7 Å². The number of nitrogens with zero attached hydrogens (tertiary/aromatic N) is 5. The van der Waals surface area contributed by atoms with Crippen LogP contribution in [-0.2, 0) is 26.4 Å². The van der Waals surface area contributed by atoms with Crippen molar-refractivity contribution >= 4 is 50.6 Å². The first-order valence-corrected chi connectivity index (χ1v) is 15.8. The number of carbonyl (C=O) groups excluding carboxylic acids is 1. The van der Waals surface area contributed by atoms with Crippen LogP contribution in [0.15, 0.2) is 60.0 Å². The van der Waals surface area contributed by atoms with E-state index < -0.39 is 32.1 Å². The van der Waals surface area contributed by atoms with Gasteiger partial charge in [-0.1, -0.05) is 12.5 Å². The molecule has 4 heterocycles. The average molecular weight is 677 g/mol. The Balaban J connectivity index is 0.00000417. The molecule has 1 amide bonds. The van der Waals surface area contributed by atoms with Gasteiger partial charge in [0.25, 0.3) is 10.0 Å². The van der Waals surface area contributed by atoms with Gasteiger partial charge in [0.15, 0.2) is 0 Å². The number of likely N-dealkylation sites (N-methyl/N-ethyl adjacent to an activating group) is 1. The summed E-state index contributed by atoms with van der Waals surface area (Å²) >= 11 is 0. The molecule has 4 aromatic rings. The van der Waals surface area contributed by atoms with Crippen LogP contribution in [0.2, 0.25) is 0 Å². The van der Waals surface area contributed by atoms with Crippen LogP contribution in [0.25, 0.3) is 22.0 Å². The highest BCUT2D eigenvalue weighted by Gasteiger charge is 2.54. The van der Waals surface area contributed by atoms with Gasteiger partial charge >= 0.3 is 6.18 Å². The molecular formula is C31H32ClF3N6O4S. The molecule has 0 saturated heterocycles. The maximum atomic E-state index is 13.3. The Labute approximate surface area is 270 Å². The smallest absolute Gasteiger partial charge is 0.417 e. The van der Waals surface area contributed by atoms with Crippen molar-refractivity contribution in [2.75, 3.05) is 43.9 Å². The number of anilines is 2. The zero-order valence-electron chi connectivity index (χ0n) is 25.3. The van der Waals surface area contributed by atoms with Crippen molar-refractivity contribution in [3.63, 3.8) is 0 Å². The zero-order valence-corrected chi connectivity index (χ0v) is 26.9. The van der Waals surface area contributed by atoms with Crippen molar-refractivity contribution in [3.8, 4) is 17.0 Å². The summed E-state index contributed by atoms with van der Waals surface area (Å²) in [6, 6.07) is 7.62. The third-order valence-corrected chi connectivity index (χ3v) is 9.71. The second-order valence-corrected chi connectivity index (χ2v) is 13.3. The van der Waals surface area contributed by atoms with E-state index in [0.29, 0.717) is 36.4 Å². The van der Waals surface area contributed by atoms with Crippen LogP contribution in [0.5, 0.6) is 5.88 Å². The molecule has 10 nitrogen and oxygen atoms in total. The van der Waals surface area contributed by atoms with E-state index >= 15 is 0 Å². The van der Waals surface area contributed by atoms with Gasteiger partial charge in [-0.25, -0.2) is 13.4 Å². The first kappa shape index (κ1) is 33.4. The molecule has 6 rings (SSSR count). The molecule has 0 radical (unpaired) electrons. The topological polar surface area (TPSA) is 118 Å². The van der Waals surface area contributed by atoms with Gasteiger partial charge in [-0.05, 0) is 63.2 Å². The minimum atomic E-state index is -4.77. The van der Waals surface area contributed by atoms with E-state index in [4.69, 9.17) is 4.74 Å². The van der Waals surface area contributed by atoms with E-state index in [1.165, 1.54) is 6.07 Å². The number of fused-ring (bicyclic) bond motifs is 4. The minimum Gasteiger partial charge on any atom is -0.476 e. The standard InChI is InChI=1S/C31H31F3N6O4S.ClH/c1-39(2)10-5-11-44-28-25(38-45(42,43)22-14-21(16-35-17-22)31(32,33)34)13-20(15-37-28)19-6-7-24-23(12-19)27-26(18-36-24)40(3)29(41)30(27)8-4-9-30;/h6-7,12-18,38H,4-5,8-11H2,1-3H3;1H. The molecule has 46 heavy (non-hydrogen) atoms. The molecule has 0 bridgehead atoms. The number of alkyl halides is 3. The molecule has 0 unspecified atom stereocenters. The normalized spacial score (nSPS) is 15.5. The van der Waals surface area contributed by atoms with Crippen LogP contribution in [0.1, 0.15) is 36.8 Å². The maximum absolute atomic E-state index is 13.3. The molecule has 1 aromatic carbocycles. The van der Waals surface area contributed by atoms with Crippen LogP contribution in [0.3, 0.4) is 0 Å². The summed E-state index contributed by atoms with van der Waals surface area (Å²) in [6.07, 6.45) is 2.98. The number of hydrogen-bond donors (Lipinski definition) is 1. The first-order chi connectivity index (χ1) is 21.3. The maximum Gasteiger partial charge on any atom is 0.417 e.